The number of urea groups is 1. The van der Waals surface area contributed by atoms with Gasteiger partial charge in [0.05, 0.1) is 28.4 Å². The Kier molecular flexibility index (Phi) is 6.15. The van der Waals surface area contributed by atoms with Gasteiger partial charge in [-0.25, -0.2) is 14.8 Å². The lowest BCUT2D eigenvalue weighted by molar-refractivity contribution is 0.0829. The van der Waals surface area contributed by atoms with Crippen molar-refractivity contribution in [2.75, 3.05) is 52.6 Å². The van der Waals surface area contributed by atoms with Crippen LogP contribution in [0.1, 0.15) is 10.4 Å². The van der Waals surface area contributed by atoms with E-state index in [1.165, 1.54) is 4.90 Å². The van der Waals surface area contributed by atoms with Crippen molar-refractivity contribution in [3.05, 3.63) is 54.5 Å². The van der Waals surface area contributed by atoms with Crippen molar-refractivity contribution >= 4 is 39.7 Å². The molecule has 198 valence electrons. The number of benzene rings is 1. The monoisotopic (exact) mass is 524 g/mol. The van der Waals surface area contributed by atoms with Crippen LogP contribution in [0.3, 0.4) is 0 Å². The molecular weight excluding hydrogens is 496 g/mol. The number of hydrogen-bond acceptors (Lipinski definition) is 7. The molecule has 5 aromatic rings. The van der Waals surface area contributed by atoms with Crippen molar-refractivity contribution in [1.82, 2.24) is 44.8 Å². The molecule has 12 nitrogen and oxygen atoms in total. The van der Waals surface area contributed by atoms with Crippen molar-refractivity contribution in [3.8, 4) is 22.6 Å². The van der Waals surface area contributed by atoms with Crippen molar-refractivity contribution in [1.29, 1.82) is 0 Å². The van der Waals surface area contributed by atoms with E-state index in [1.54, 1.807) is 38.8 Å². The Bertz CT molecular complexity index is 1700. The molecule has 3 N–H and O–H groups in total. The van der Waals surface area contributed by atoms with E-state index in [4.69, 9.17) is 4.98 Å². The van der Waals surface area contributed by atoms with E-state index in [2.05, 4.69) is 42.4 Å². The third-order valence-electron chi connectivity index (χ3n) is 6.90. The average molecular weight is 525 g/mol. The molecule has 1 fully saturated rings. The predicted molar refractivity (Wildman–Crippen MR) is 148 cm³/mol. The lowest BCUT2D eigenvalue weighted by Crippen LogP contribution is -2.48. The van der Waals surface area contributed by atoms with Gasteiger partial charge in [-0.1, -0.05) is 6.07 Å². The van der Waals surface area contributed by atoms with Gasteiger partial charge in [-0.2, -0.15) is 5.10 Å². The molecule has 0 bridgehead atoms. The van der Waals surface area contributed by atoms with Gasteiger partial charge in [0, 0.05) is 63.8 Å². The Labute approximate surface area is 224 Å². The molecule has 1 aromatic carbocycles. The Hall–Kier alpha value is -4.84. The number of carbonyl (C=O) groups is 2. The van der Waals surface area contributed by atoms with E-state index < -0.39 is 0 Å². The van der Waals surface area contributed by atoms with Crippen molar-refractivity contribution in [2.45, 2.75) is 0 Å². The maximum Gasteiger partial charge on any atom is 0.321 e. The lowest BCUT2D eigenvalue weighted by Gasteiger charge is -2.32. The minimum atomic E-state index is -0.134. The second-order valence-electron chi connectivity index (χ2n) is 9.86. The predicted octanol–water partition coefficient (Wildman–Crippen LogP) is 3.04. The van der Waals surface area contributed by atoms with Crippen molar-refractivity contribution in [2.24, 2.45) is 0 Å². The highest BCUT2D eigenvalue weighted by atomic mass is 16.2. The van der Waals surface area contributed by atoms with Gasteiger partial charge in [0.1, 0.15) is 11.2 Å². The zero-order valence-corrected chi connectivity index (χ0v) is 21.9. The number of piperazine rings is 1. The molecule has 5 heterocycles. The van der Waals surface area contributed by atoms with Gasteiger partial charge in [-0.3, -0.25) is 14.9 Å². The summed E-state index contributed by atoms with van der Waals surface area (Å²) in [4.78, 5) is 47.9. The first kappa shape index (κ1) is 24.5. The van der Waals surface area contributed by atoms with E-state index in [-0.39, 0.29) is 11.9 Å². The largest absolute Gasteiger partial charge is 0.345 e. The van der Waals surface area contributed by atoms with Crippen LogP contribution in [0.5, 0.6) is 0 Å². The maximum absolute atomic E-state index is 12.8. The third-order valence-corrected chi connectivity index (χ3v) is 6.90. The molecule has 4 aromatic heterocycles. The molecule has 1 saturated heterocycles. The molecule has 0 spiro atoms. The zero-order valence-electron chi connectivity index (χ0n) is 21.9. The summed E-state index contributed by atoms with van der Waals surface area (Å²) in [5.74, 6) is 0.405. The molecular formula is C27H28N10O2. The number of nitrogens with zero attached hydrogens (tertiary/aromatic N) is 7. The number of aromatic nitrogens is 6. The molecule has 39 heavy (non-hydrogen) atoms. The Balaban J connectivity index is 1.31. The van der Waals surface area contributed by atoms with E-state index in [9.17, 15) is 9.59 Å². The first-order valence-electron chi connectivity index (χ1n) is 12.6. The third kappa shape index (κ3) is 4.66. The van der Waals surface area contributed by atoms with Crippen LogP contribution in [-0.4, -0.2) is 104 Å². The Morgan fingerprint density at radius 3 is 2.62 bits per heavy atom. The number of fused-ring (bicyclic) bond motifs is 2. The summed E-state index contributed by atoms with van der Waals surface area (Å²) in [6.45, 7) is 3.07. The van der Waals surface area contributed by atoms with Crippen LogP contribution in [0.4, 0.5) is 10.5 Å². The smallest absolute Gasteiger partial charge is 0.321 e. The van der Waals surface area contributed by atoms with Crippen LogP contribution >= 0.6 is 0 Å². The molecule has 0 radical (unpaired) electrons. The molecule has 1 aliphatic rings. The van der Waals surface area contributed by atoms with Gasteiger partial charge >= 0.3 is 6.03 Å². The number of amides is 3. The summed E-state index contributed by atoms with van der Waals surface area (Å²) in [7, 11) is 5.48. The number of carbonyl (C=O) groups excluding carboxylic acids is 2. The van der Waals surface area contributed by atoms with Gasteiger partial charge in [-0.05, 0) is 31.3 Å². The molecule has 12 heteroatoms. The summed E-state index contributed by atoms with van der Waals surface area (Å²) in [6.07, 6.45) is 5.10. The van der Waals surface area contributed by atoms with Crippen LogP contribution in [0, 0.1) is 0 Å². The van der Waals surface area contributed by atoms with Gasteiger partial charge in [0.15, 0.2) is 11.5 Å². The fraction of sp³-hybridized carbons (Fsp3) is 0.259. The molecule has 0 unspecified atom stereocenters. The molecule has 0 saturated carbocycles. The van der Waals surface area contributed by atoms with Crippen LogP contribution in [0.2, 0.25) is 0 Å². The van der Waals surface area contributed by atoms with Crippen LogP contribution < -0.4 is 5.32 Å². The molecule has 0 aliphatic carbocycles. The SMILES string of the molecule is CN1CCN(C(=O)Nc2cncc(-c3cnc4[nH]nc(-c5nc6c(C(=O)N(C)C)cccc6[nH]5)c4c3)c2)CC1. The number of para-hydroxylation sites is 1. The number of imidazole rings is 1. The van der Waals surface area contributed by atoms with Crippen LogP contribution in [0.15, 0.2) is 48.9 Å². The highest BCUT2D eigenvalue weighted by Gasteiger charge is 2.21. The Morgan fingerprint density at radius 1 is 1.03 bits per heavy atom. The van der Waals surface area contributed by atoms with Crippen LogP contribution in [0.25, 0.3) is 44.7 Å². The minimum Gasteiger partial charge on any atom is -0.345 e. The van der Waals surface area contributed by atoms with Gasteiger partial charge in [-0.15, -0.1) is 0 Å². The normalized spacial score (nSPS) is 14.2. The number of pyridine rings is 2. The number of rotatable bonds is 4. The summed E-state index contributed by atoms with van der Waals surface area (Å²) in [6, 6.07) is 9.17. The molecule has 6 rings (SSSR count). The van der Waals surface area contributed by atoms with Crippen molar-refractivity contribution < 1.29 is 9.59 Å². The highest BCUT2D eigenvalue weighted by molar-refractivity contribution is 6.05. The first-order chi connectivity index (χ1) is 18.9. The highest BCUT2D eigenvalue weighted by Crippen LogP contribution is 2.30. The van der Waals surface area contributed by atoms with Crippen LogP contribution in [-0.2, 0) is 0 Å². The second-order valence-corrected chi connectivity index (χ2v) is 9.86. The van der Waals surface area contributed by atoms with E-state index in [0.29, 0.717) is 47.0 Å². The molecule has 3 amide bonds. The molecule has 0 atom stereocenters. The maximum atomic E-state index is 12.8. The first-order valence-corrected chi connectivity index (χ1v) is 12.6. The van der Waals surface area contributed by atoms with Gasteiger partial charge in [0.25, 0.3) is 5.91 Å². The second kappa shape index (κ2) is 9.80. The van der Waals surface area contributed by atoms with E-state index >= 15 is 0 Å². The zero-order chi connectivity index (χ0) is 27.1. The topological polar surface area (TPSA) is 139 Å². The summed E-state index contributed by atoms with van der Waals surface area (Å²) in [5.41, 5.74) is 5.26. The standard InChI is InChI=1S/C27H28N10O2/c1-35(2)26(38)19-5-4-6-21-22(19)32-25(31-21)23-20-12-17(14-29-24(20)34-33-23)16-11-18(15-28-13-16)30-27(39)37-9-7-36(3)8-10-37/h4-6,11-15H,7-10H2,1-3H3,(H,30,39)(H,31,32)(H,29,33,34). The number of aromatic amines is 2. The quantitative estimate of drug-likeness (QED) is 0.328. The van der Waals surface area contributed by atoms with Gasteiger partial charge < -0.3 is 25.0 Å². The minimum absolute atomic E-state index is 0.124. The fourth-order valence-corrected chi connectivity index (χ4v) is 4.68. The summed E-state index contributed by atoms with van der Waals surface area (Å²) >= 11 is 0. The number of H-pyrrole nitrogens is 2. The number of nitrogens with one attached hydrogen (secondary N) is 3. The summed E-state index contributed by atoms with van der Waals surface area (Å²) < 4.78 is 0. The lowest BCUT2D eigenvalue weighted by atomic mass is 10.1. The van der Waals surface area contributed by atoms with Gasteiger partial charge in [0.2, 0.25) is 0 Å². The Morgan fingerprint density at radius 2 is 1.82 bits per heavy atom. The number of likely N-dealkylation sites (N-methyl/N-ethyl adjacent to an activating group) is 1. The van der Waals surface area contributed by atoms with Crippen molar-refractivity contribution in [3.63, 3.8) is 0 Å². The number of hydrogen-bond donors (Lipinski definition) is 3. The number of anilines is 1. The molecule has 1 aliphatic heterocycles. The van der Waals surface area contributed by atoms with E-state index in [0.717, 1.165) is 35.1 Å². The van der Waals surface area contributed by atoms with E-state index in [1.807, 2.05) is 29.2 Å². The fourth-order valence-electron chi connectivity index (χ4n) is 4.68. The average Bonchev–Trinajstić information content (AvgIpc) is 3.56. The summed E-state index contributed by atoms with van der Waals surface area (Å²) in [5, 5.41) is 11.2.